The second-order valence-electron chi connectivity index (χ2n) is 7.93. The third-order valence-electron chi connectivity index (χ3n) is 5.53. The summed E-state index contributed by atoms with van der Waals surface area (Å²) < 4.78 is 0. The van der Waals surface area contributed by atoms with Crippen LogP contribution in [-0.4, -0.2) is 45.9 Å². The number of carbonyl (C=O) groups excluding carboxylic acids is 1. The zero-order valence-corrected chi connectivity index (χ0v) is 20.2. The molecule has 2 aromatic heterocycles. The van der Waals surface area contributed by atoms with E-state index in [1.807, 2.05) is 12.1 Å². The molecule has 0 bridgehead atoms. The summed E-state index contributed by atoms with van der Waals surface area (Å²) >= 11 is 12.6. The number of hydrogen-bond donors (Lipinski definition) is 5. The number of benzene rings is 1. The van der Waals surface area contributed by atoms with Gasteiger partial charge in [0.2, 0.25) is 5.91 Å². The van der Waals surface area contributed by atoms with Gasteiger partial charge >= 0.3 is 0 Å². The minimum absolute atomic E-state index is 0.0152. The minimum Gasteiger partial charge on any atom is -0.382 e. The van der Waals surface area contributed by atoms with Gasteiger partial charge in [0.05, 0.1) is 16.4 Å². The van der Waals surface area contributed by atoms with Crippen molar-refractivity contribution in [2.24, 2.45) is 0 Å². The van der Waals surface area contributed by atoms with E-state index in [1.165, 1.54) is 6.07 Å². The second kappa shape index (κ2) is 11.0. The van der Waals surface area contributed by atoms with Crippen molar-refractivity contribution in [1.29, 1.82) is 0 Å². The molecule has 35 heavy (non-hydrogen) atoms. The summed E-state index contributed by atoms with van der Waals surface area (Å²) in [6.07, 6.45) is 2.32. The molecule has 6 N–H and O–H groups in total. The molecule has 0 unspecified atom stereocenters. The van der Waals surface area contributed by atoms with Gasteiger partial charge in [-0.3, -0.25) is 15.2 Å². The number of nitrogens with zero attached hydrogens (tertiary/aromatic N) is 4. The summed E-state index contributed by atoms with van der Waals surface area (Å²) in [4.78, 5) is 23.2. The van der Waals surface area contributed by atoms with Gasteiger partial charge in [-0.15, -0.1) is 5.23 Å². The quantitative estimate of drug-likeness (QED) is 0.213. The number of rotatable bonds is 8. The molecule has 0 atom stereocenters. The van der Waals surface area contributed by atoms with Gasteiger partial charge in [0, 0.05) is 36.6 Å². The summed E-state index contributed by atoms with van der Waals surface area (Å²) in [5.41, 5.74) is 7.70. The van der Waals surface area contributed by atoms with E-state index in [4.69, 9.17) is 44.3 Å². The van der Waals surface area contributed by atoms with Gasteiger partial charge in [0.15, 0.2) is 5.82 Å². The highest BCUT2D eigenvalue weighted by Gasteiger charge is 2.24. The number of nitrogens with one attached hydrogen (secondary N) is 2. The molecule has 184 valence electrons. The number of nitrogens with two attached hydrogens (primary N) is 1. The van der Waals surface area contributed by atoms with Gasteiger partial charge in [-0.05, 0) is 55.3 Å². The SMILES string of the molecule is Nc1nc(NCCNc2ccc(N3CCCCC3=O)c(-c3ccc(Cl)cc3Cl)n2)ccc1N(O)O. The van der Waals surface area contributed by atoms with E-state index in [-0.39, 0.29) is 22.6 Å². The zero-order chi connectivity index (χ0) is 24.9. The summed E-state index contributed by atoms with van der Waals surface area (Å²) in [6.45, 7) is 1.62. The van der Waals surface area contributed by atoms with Gasteiger partial charge in [-0.25, -0.2) is 9.97 Å². The molecule has 0 radical (unpaired) electrons. The van der Waals surface area contributed by atoms with Gasteiger partial charge < -0.3 is 21.3 Å². The molecule has 3 heterocycles. The Morgan fingerprint density at radius 2 is 1.71 bits per heavy atom. The van der Waals surface area contributed by atoms with Crippen LogP contribution in [0.15, 0.2) is 42.5 Å². The zero-order valence-electron chi connectivity index (χ0n) is 18.7. The first kappa shape index (κ1) is 24.8. The van der Waals surface area contributed by atoms with Crippen molar-refractivity contribution in [1.82, 2.24) is 9.97 Å². The van der Waals surface area contributed by atoms with Crippen molar-refractivity contribution in [3.8, 4) is 11.3 Å². The fraction of sp³-hybridized carbons (Fsp3) is 0.261. The third-order valence-corrected chi connectivity index (χ3v) is 6.08. The predicted molar refractivity (Wildman–Crippen MR) is 138 cm³/mol. The topological polar surface area (TPSA) is 140 Å². The lowest BCUT2D eigenvalue weighted by atomic mass is 10.1. The minimum atomic E-state index is -0.0784. The summed E-state index contributed by atoms with van der Waals surface area (Å²) in [7, 11) is 0. The molecule has 0 saturated carbocycles. The van der Waals surface area contributed by atoms with Crippen molar-refractivity contribution >= 4 is 57.9 Å². The van der Waals surface area contributed by atoms with E-state index in [1.54, 1.807) is 29.2 Å². The molecule has 10 nitrogen and oxygen atoms in total. The van der Waals surface area contributed by atoms with Crippen LogP contribution in [0.25, 0.3) is 11.3 Å². The Labute approximate surface area is 212 Å². The highest BCUT2D eigenvalue weighted by molar-refractivity contribution is 6.36. The first-order valence-corrected chi connectivity index (χ1v) is 11.8. The molecule has 1 amide bonds. The number of halogens is 2. The van der Waals surface area contributed by atoms with E-state index in [2.05, 4.69) is 15.6 Å². The third kappa shape index (κ3) is 5.85. The molecule has 1 aliphatic heterocycles. The summed E-state index contributed by atoms with van der Waals surface area (Å²) in [5, 5.41) is 25.4. The van der Waals surface area contributed by atoms with Crippen LogP contribution in [0.4, 0.5) is 28.8 Å². The van der Waals surface area contributed by atoms with Crippen LogP contribution >= 0.6 is 23.2 Å². The molecular formula is C23H25Cl2N7O3. The highest BCUT2D eigenvalue weighted by Crippen LogP contribution is 2.37. The van der Waals surface area contributed by atoms with Crippen LogP contribution in [0.2, 0.25) is 10.0 Å². The maximum atomic E-state index is 12.6. The largest absolute Gasteiger partial charge is 0.382 e. The highest BCUT2D eigenvalue weighted by atomic mass is 35.5. The Kier molecular flexibility index (Phi) is 7.76. The van der Waals surface area contributed by atoms with E-state index >= 15 is 0 Å². The maximum absolute atomic E-state index is 12.6. The first-order chi connectivity index (χ1) is 16.8. The van der Waals surface area contributed by atoms with Gasteiger partial charge in [0.25, 0.3) is 0 Å². The van der Waals surface area contributed by atoms with Crippen LogP contribution in [0.1, 0.15) is 19.3 Å². The fourth-order valence-electron chi connectivity index (χ4n) is 3.82. The fourth-order valence-corrected chi connectivity index (χ4v) is 4.32. The number of piperidine rings is 1. The number of carbonyl (C=O) groups is 1. The molecule has 1 aromatic carbocycles. The number of anilines is 5. The van der Waals surface area contributed by atoms with Crippen LogP contribution < -0.4 is 26.5 Å². The maximum Gasteiger partial charge on any atom is 0.227 e. The molecule has 1 fully saturated rings. The van der Waals surface area contributed by atoms with E-state index < -0.39 is 0 Å². The van der Waals surface area contributed by atoms with Crippen LogP contribution in [0.5, 0.6) is 0 Å². The molecule has 0 spiro atoms. The van der Waals surface area contributed by atoms with Crippen LogP contribution in [-0.2, 0) is 4.79 Å². The standard InChI is InChI=1S/C23H25Cl2N7O3/c24-14-4-5-15(16(25)13-14)22-17(31-12-2-1-3-21(31)33)6-8-19(29-22)27-10-11-28-20-9-7-18(32(34)35)23(26)30-20/h4-9,13,34-35H,1-3,10-12H2,(H,27,29)(H3,26,28,30). The lowest BCUT2D eigenvalue weighted by Gasteiger charge is -2.28. The van der Waals surface area contributed by atoms with E-state index in [0.717, 1.165) is 12.8 Å². The molecular weight excluding hydrogens is 493 g/mol. The first-order valence-electron chi connectivity index (χ1n) is 11.0. The number of amides is 1. The molecule has 1 saturated heterocycles. The summed E-state index contributed by atoms with van der Waals surface area (Å²) in [5.74, 6) is 1.13. The Hall–Kier alpha value is -3.31. The smallest absolute Gasteiger partial charge is 0.227 e. The van der Waals surface area contributed by atoms with Crippen molar-refractivity contribution in [3.05, 3.63) is 52.5 Å². The lowest BCUT2D eigenvalue weighted by Crippen LogP contribution is -2.35. The van der Waals surface area contributed by atoms with Gasteiger partial charge in [0.1, 0.15) is 17.3 Å². The Morgan fingerprint density at radius 3 is 2.37 bits per heavy atom. The number of hydrogen-bond acceptors (Lipinski definition) is 9. The van der Waals surface area contributed by atoms with E-state index in [9.17, 15) is 4.79 Å². The average molecular weight is 518 g/mol. The van der Waals surface area contributed by atoms with Crippen molar-refractivity contribution in [3.63, 3.8) is 0 Å². The lowest BCUT2D eigenvalue weighted by molar-refractivity contribution is -0.119. The number of aromatic nitrogens is 2. The summed E-state index contributed by atoms with van der Waals surface area (Å²) in [6, 6.07) is 11.9. The van der Waals surface area contributed by atoms with Gasteiger partial charge in [-0.1, -0.05) is 23.2 Å². The van der Waals surface area contributed by atoms with Crippen molar-refractivity contribution in [2.75, 3.05) is 46.1 Å². The van der Waals surface area contributed by atoms with Gasteiger partial charge in [-0.2, -0.15) is 0 Å². The Morgan fingerprint density at radius 1 is 1.00 bits per heavy atom. The van der Waals surface area contributed by atoms with Crippen molar-refractivity contribution in [2.45, 2.75) is 19.3 Å². The molecule has 0 aliphatic carbocycles. The molecule has 4 rings (SSSR count). The second-order valence-corrected chi connectivity index (χ2v) is 8.78. The average Bonchev–Trinajstić information content (AvgIpc) is 2.82. The normalized spacial score (nSPS) is 13.6. The van der Waals surface area contributed by atoms with Crippen LogP contribution in [0, 0.1) is 0 Å². The Balaban J connectivity index is 1.50. The van der Waals surface area contributed by atoms with Crippen molar-refractivity contribution < 1.29 is 15.2 Å². The predicted octanol–water partition coefficient (Wildman–Crippen LogP) is 4.66. The monoisotopic (exact) mass is 517 g/mol. The van der Waals surface area contributed by atoms with Crippen LogP contribution in [0.3, 0.4) is 0 Å². The Bertz CT molecular complexity index is 1230. The molecule has 12 heteroatoms. The number of pyridine rings is 2. The number of nitrogen functional groups attached to an aromatic ring is 1. The molecule has 3 aromatic rings. The molecule has 1 aliphatic rings. The van der Waals surface area contributed by atoms with E-state index in [0.29, 0.717) is 64.7 Å².